The summed E-state index contributed by atoms with van der Waals surface area (Å²) in [7, 11) is 4.55. The van der Waals surface area contributed by atoms with Gasteiger partial charge in [-0.2, -0.15) is 0 Å². The zero-order chi connectivity index (χ0) is 20.6. The van der Waals surface area contributed by atoms with E-state index in [9.17, 15) is 4.79 Å². The van der Waals surface area contributed by atoms with Crippen LogP contribution >= 0.6 is 0 Å². The van der Waals surface area contributed by atoms with Crippen molar-refractivity contribution in [3.05, 3.63) is 60.0 Å². The second-order valence-corrected chi connectivity index (χ2v) is 5.77. The molecule has 2 aromatic carbocycles. The van der Waals surface area contributed by atoms with Gasteiger partial charge >= 0.3 is 5.97 Å². The Morgan fingerprint density at radius 2 is 1.69 bits per heavy atom. The first kappa shape index (κ1) is 19.9. The number of rotatable bonds is 8. The molecule has 0 aliphatic heterocycles. The molecule has 0 spiro atoms. The molecule has 8 heteroatoms. The highest BCUT2D eigenvalue weighted by molar-refractivity contribution is 5.86. The molecule has 150 valence electrons. The fourth-order valence-corrected chi connectivity index (χ4v) is 2.54. The van der Waals surface area contributed by atoms with Gasteiger partial charge in [0, 0.05) is 11.6 Å². The van der Waals surface area contributed by atoms with Crippen molar-refractivity contribution in [3.8, 4) is 28.7 Å². The lowest BCUT2D eigenvalue weighted by molar-refractivity contribution is -0.139. The van der Waals surface area contributed by atoms with Crippen molar-refractivity contribution in [2.45, 2.75) is 6.61 Å². The standard InChI is InChI=1S/C21H20N2O6/c1-25-16-11-15(12-17(26-2)20(16)27-3)21-23-22-18(29-21)13-28-19(24)10-9-14-7-5-4-6-8-14/h4-12H,13H2,1-3H3/b10-9+. The third-order valence-corrected chi connectivity index (χ3v) is 3.93. The smallest absolute Gasteiger partial charge is 0.331 e. The van der Waals surface area contributed by atoms with E-state index < -0.39 is 5.97 Å². The lowest BCUT2D eigenvalue weighted by Gasteiger charge is -2.12. The van der Waals surface area contributed by atoms with Gasteiger partial charge in [-0.25, -0.2) is 4.79 Å². The normalized spacial score (nSPS) is 10.7. The largest absolute Gasteiger partial charge is 0.493 e. The minimum absolute atomic E-state index is 0.143. The van der Waals surface area contributed by atoms with Crippen LogP contribution in [0.1, 0.15) is 11.5 Å². The summed E-state index contributed by atoms with van der Waals surface area (Å²) in [6.07, 6.45) is 3.00. The van der Waals surface area contributed by atoms with E-state index in [-0.39, 0.29) is 18.4 Å². The molecule has 0 atom stereocenters. The van der Waals surface area contributed by atoms with Crippen LogP contribution in [0.5, 0.6) is 17.2 Å². The van der Waals surface area contributed by atoms with Gasteiger partial charge in [0.05, 0.1) is 21.3 Å². The van der Waals surface area contributed by atoms with Gasteiger partial charge in [-0.1, -0.05) is 30.3 Å². The zero-order valence-electron chi connectivity index (χ0n) is 16.2. The molecule has 3 aromatic rings. The van der Waals surface area contributed by atoms with Crippen LogP contribution in [-0.2, 0) is 16.1 Å². The van der Waals surface area contributed by atoms with Gasteiger partial charge in [0.1, 0.15) is 0 Å². The first-order chi connectivity index (χ1) is 14.1. The van der Waals surface area contributed by atoms with Crippen molar-refractivity contribution in [3.63, 3.8) is 0 Å². The molecule has 0 amide bonds. The number of benzene rings is 2. The van der Waals surface area contributed by atoms with E-state index in [2.05, 4.69) is 10.2 Å². The fourth-order valence-electron chi connectivity index (χ4n) is 2.54. The minimum atomic E-state index is -0.513. The first-order valence-electron chi connectivity index (χ1n) is 8.67. The molecule has 0 radical (unpaired) electrons. The number of hydrogen-bond acceptors (Lipinski definition) is 8. The molecule has 1 heterocycles. The lowest BCUT2D eigenvalue weighted by Crippen LogP contribution is -2.00. The van der Waals surface area contributed by atoms with Crippen molar-refractivity contribution < 1.29 is 28.2 Å². The van der Waals surface area contributed by atoms with E-state index in [1.807, 2.05) is 30.3 Å². The molecule has 0 aliphatic carbocycles. The number of carbonyl (C=O) groups is 1. The second-order valence-electron chi connectivity index (χ2n) is 5.77. The van der Waals surface area contributed by atoms with Crippen molar-refractivity contribution in [2.75, 3.05) is 21.3 Å². The van der Waals surface area contributed by atoms with Crippen molar-refractivity contribution in [1.29, 1.82) is 0 Å². The van der Waals surface area contributed by atoms with Gasteiger partial charge in [0.2, 0.25) is 11.6 Å². The summed E-state index contributed by atoms with van der Waals surface area (Å²) in [6.45, 7) is -0.143. The van der Waals surface area contributed by atoms with Crippen LogP contribution in [-0.4, -0.2) is 37.5 Å². The molecule has 0 saturated carbocycles. The molecule has 0 unspecified atom stereocenters. The van der Waals surface area contributed by atoms with E-state index in [1.165, 1.54) is 27.4 Å². The maximum atomic E-state index is 11.9. The molecular formula is C21H20N2O6. The van der Waals surface area contributed by atoms with Gasteiger partial charge in [-0.15, -0.1) is 10.2 Å². The molecule has 0 N–H and O–H groups in total. The Bertz CT molecular complexity index is 972. The van der Waals surface area contributed by atoms with Crippen LogP contribution in [0.3, 0.4) is 0 Å². The highest BCUT2D eigenvalue weighted by Crippen LogP contribution is 2.40. The number of esters is 1. The number of hydrogen-bond donors (Lipinski definition) is 0. The Hall–Kier alpha value is -3.81. The van der Waals surface area contributed by atoms with Crippen LogP contribution in [0.25, 0.3) is 17.5 Å². The predicted octanol–water partition coefficient (Wildman–Crippen LogP) is 3.52. The predicted molar refractivity (Wildman–Crippen MR) is 105 cm³/mol. The average molecular weight is 396 g/mol. The summed E-state index contributed by atoms with van der Waals surface area (Å²) in [5.41, 5.74) is 1.47. The van der Waals surface area contributed by atoms with Gasteiger partial charge in [0.25, 0.3) is 5.89 Å². The van der Waals surface area contributed by atoms with E-state index >= 15 is 0 Å². The Kier molecular flexibility index (Phi) is 6.47. The highest BCUT2D eigenvalue weighted by Gasteiger charge is 2.17. The Labute approximate surface area is 167 Å². The van der Waals surface area contributed by atoms with Crippen LogP contribution in [0.4, 0.5) is 0 Å². The van der Waals surface area contributed by atoms with Gasteiger partial charge < -0.3 is 23.4 Å². The van der Waals surface area contributed by atoms with Crippen molar-refractivity contribution in [2.24, 2.45) is 0 Å². The molecular weight excluding hydrogens is 376 g/mol. The van der Waals surface area contributed by atoms with Gasteiger partial charge in [0.15, 0.2) is 18.1 Å². The zero-order valence-corrected chi connectivity index (χ0v) is 16.2. The summed E-state index contributed by atoms with van der Waals surface area (Å²) in [6, 6.07) is 12.8. The first-order valence-corrected chi connectivity index (χ1v) is 8.67. The monoisotopic (exact) mass is 396 g/mol. The molecule has 1 aromatic heterocycles. The van der Waals surface area contributed by atoms with Crippen molar-refractivity contribution >= 4 is 12.0 Å². The van der Waals surface area contributed by atoms with E-state index in [0.29, 0.717) is 22.8 Å². The molecule has 3 rings (SSSR count). The summed E-state index contributed by atoms with van der Waals surface area (Å²) in [4.78, 5) is 11.9. The Morgan fingerprint density at radius 1 is 1.00 bits per heavy atom. The van der Waals surface area contributed by atoms with Crippen molar-refractivity contribution in [1.82, 2.24) is 10.2 Å². The van der Waals surface area contributed by atoms with Crippen LogP contribution in [0.15, 0.2) is 53.0 Å². The van der Waals surface area contributed by atoms with E-state index in [1.54, 1.807) is 18.2 Å². The van der Waals surface area contributed by atoms with Gasteiger partial charge in [-0.05, 0) is 23.8 Å². The Morgan fingerprint density at radius 3 is 2.31 bits per heavy atom. The molecule has 29 heavy (non-hydrogen) atoms. The number of carbonyl (C=O) groups excluding carboxylic acids is 1. The molecule has 8 nitrogen and oxygen atoms in total. The molecule has 0 bridgehead atoms. The van der Waals surface area contributed by atoms with Crippen LogP contribution in [0, 0.1) is 0 Å². The minimum Gasteiger partial charge on any atom is -0.493 e. The maximum absolute atomic E-state index is 11.9. The number of aromatic nitrogens is 2. The second kappa shape index (κ2) is 9.41. The highest BCUT2D eigenvalue weighted by atomic mass is 16.5. The molecule has 0 fully saturated rings. The Balaban J connectivity index is 1.68. The van der Waals surface area contributed by atoms with E-state index in [4.69, 9.17) is 23.4 Å². The number of ether oxygens (including phenoxy) is 4. The lowest BCUT2D eigenvalue weighted by atomic mass is 10.2. The number of nitrogens with zero attached hydrogens (tertiary/aromatic N) is 2. The fraction of sp³-hybridized carbons (Fsp3) is 0.190. The quantitative estimate of drug-likeness (QED) is 0.422. The third kappa shape index (κ3) is 4.92. The average Bonchev–Trinajstić information content (AvgIpc) is 3.25. The summed E-state index contributed by atoms with van der Waals surface area (Å²) in [5.74, 6) is 1.25. The van der Waals surface area contributed by atoms with E-state index in [0.717, 1.165) is 5.56 Å². The molecule has 0 saturated heterocycles. The SMILES string of the molecule is COc1cc(-c2nnc(COC(=O)/C=C/c3ccccc3)o2)cc(OC)c1OC. The molecule has 0 aliphatic rings. The van der Waals surface area contributed by atoms with Crippen LogP contribution < -0.4 is 14.2 Å². The summed E-state index contributed by atoms with van der Waals surface area (Å²) >= 11 is 0. The summed E-state index contributed by atoms with van der Waals surface area (Å²) in [5, 5.41) is 7.89. The number of methoxy groups -OCH3 is 3. The topological polar surface area (TPSA) is 92.9 Å². The van der Waals surface area contributed by atoms with Crippen LogP contribution in [0.2, 0.25) is 0 Å². The maximum Gasteiger partial charge on any atom is 0.331 e. The third-order valence-electron chi connectivity index (χ3n) is 3.93. The van der Waals surface area contributed by atoms with Gasteiger partial charge in [-0.3, -0.25) is 0 Å². The summed E-state index contributed by atoms with van der Waals surface area (Å²) < 4.78 is 26.6.